The van der Waals surface area contributed by atoms with Crippen molar-refractivity contribution in [1.29, 1.82) is 0 Å². The van der Waals surface area contributed by atoms with Crippen molar-refractivity contribution in [3.05, 3.63) is 95.0 Å². The van der Waals surface area contributed by atoms with E-state index >= 15 is 0 Å². The number of rotatable bonds is 12. The summed E-state index contributed by atoms with van der Waals surface area (Å²) >= 11 is 6.06. The molecule has 1 N–H and O–H groups in total. The first kappa shape index (κ1) is 29.0. The minimum atomic E-state index is -3.88. The maximum Gasteiger partial charge on any atom is 0.244 e. The number of likely N-dealkylation sites (N-methyl/N-ethyl adjacent to an activating group) is 1. The van der Waals surface area contributed by atoms with Crippen LogP contribution in [0.4, 0.5) is 5.69 Å². The average Bonchev–Trinajstić information content (AvgIpc) is 2.90. The molecule has 0 aromatic heterocycles. The molecule has 3 aromatic carbocycles. The van der Waals surface area contributed by atoms with Gasteiger partial charge in [-0.3, -0.25) is 13.9 Å². The zero-order valence-electron chi connectivity index (χ0n) is 21.6. The van der Waals surface area contributed by atoms with Crippen LogP contribution in [0.3, 0.4) is 0 Å². The minimum Gasteiger partial charge on any atom is -0.495 e. The fourth-order valence-corrected chi connectivity index (χ4v) is 5.04. The van der Waals surface area contributed by atoms with Crippen molar-refractivity contribution in [2.45, 2.75) is 25.9 Å². The summed E-state index contributed by atoms with van der Waals surface area (Å²) in [5.74, 6) is -0.565. The van der Waals surface area contributed by atoms with E-state index in [4.69, 9.17) is 16.3 Å². The molecule has 0 radical (unpaired) electrons. The van der Waals surface area contributed by atoms with Gasteiger partial charge in [0.15, 0.2) is 0 Å². The number of nitrogens with zero attached hydrogens (tertiary/aromatic N) is 2. The van der Waals surface area contributed by atoms with Gasteiger partial charge in [-0.15, -0.1) is 0 Å². The standard InChI is InChI=1S/C28H32ClN3O5S/c1-4-30-28(34)25(18-21-10-6-5-7-11-21)31(19-22-14-16-23(29)17-15-22)27(33)20-32(38(3,35)36)24-12-8-9-13-26(24)37-2/h5-17,25H,4,18-20H2,1-3H3,(H,30,34). The lowest BCUT2D eigenvalue weighted by Crippen LogP contribution is -2.53. The summed E-state index contributed by atoms with van der Waals surface area (Å²) in [5, 5.41) is 3.36. The Morgan fingerprint density at radius 1 is 0.947 bits per heavy atom. The second kappa shape index (κ2) is 13.3. The fraction of sp³-hybridized carbons (Fsp3) is 0.286. The Morgan fingerprint density at radius 2 is 1.58 bits per heavy atom. The maximum atomic E-state index is 14.0. The van der Waals surface area contributed by atoms with Gasteiger partial charge in [-0.05, 0) is 42.3 Å². The van der Waals surface area contributed by atoms with Crippen LogP contribution < -0.4 is 14.4 Å². The number of nitrogens with one attached hydrogen (secondary N) is 1. The number of hydrogen-bond donors (Lipinski definition) is 1. The number of hydrogen-bond acceptors (Lipinski definition) is 5. The van der Waals surface area contributed by atoms with Crippen molar-refractivity contribution < 1.29 is 22.7 Å². The first-order chi connectivity index (χ1) is 18.1. The molecule has 0 saturated heterocycles. The zero-order valence-corrected chi connectivity index (χ0v) is 23.2. The first-order valence-electron chi connectivity index (χ1n) is 12.1. The van der Waals surface area contributed by atoms with Gasteiger partial charge in [0.05, 0.1) is 19.1 Å². The van der Waals surface area contributed by atoms with Crippen LogP contribution in [-0.2, 0) is 32.6 Å². The zero-order chi connectivity index (χ0) is 27.7. The molecule has 0 bridgehead atoms. The smallest absolute Gasteiger partial charge is 0.244 e. The molecular weight excluding hydrogens is 526 g/mol. The third-order valence-corrected chi connectivity index (χ3v) is 7.30. The molecule has 10 heteroatoms. The molecule has 3 rings (SSSR count). The van der Waals surface area contributed by atoms with Crippen molar-refractivity contribution in [2.75, 3.05) is 30.8 Å². The van der Waals surface area contributed by atoms with Gasteiger partial charge in [-0.2, -0.15) is 0 Å². The van der Waals surface area contributed by atoms with Gasteiger partial charge < -0.3 is 15.0 Å². The number of sulfonamides is 1. The average molecular weight is 558 g/mol. The van der Waals surface area contributed by atoms with Crippen molar-refractivity contribution in [1.82, 2.24) is 10.2 Å². The molecule has 38 heavy (non-hydrogen) atoms. The normalized spacial score (nSPS) is 11.9. The summed E-state index contributed by atoms with van der Waals surface area (Å²) in [4.78, 5) is 28.7. The van der Waals surface area contributed by atoms with Crippen LogP contribution in [0.15, 0.2) is 78.9 Å². The van der Waals surface area contributed by atoms with E-state index in [1.807, 2.05) is 30.3 Å². The lowest BCUT2D eigenvalue weighted by Gasteiger charge is -2.33. The lowest BCUT2D eigenvalue weighted by atomic mass is 10.0. The lowest BCUT2D eigenvalue weighted by molar-refractivity contribution is -0.140. The summed E-state index contributed by atoms with van der Waals surface area (Å²) < 4.78 is 32.1. The van der Waals surface area contributed by atoms with Crippen molar-refractivity contribution in [3.8, 4) is 5.75 Å². The Hall–Kier alpha value is -3.56. The number of methoxy groups -OCH3 is 1. The van der Waals surface area contributed by atoms with Crippen LogP contribution >= 0.6 is 11.6 Å². The number of benzene rings is 3. The molecule has 0 aliphatic carbocycles. The number of amides is 2. The maximum absolute atomic E-state index is 14.0. The molecule has 202 valence electrons. The highest BCUT2D eigenvalue weighted by Gasteiger charge is 2.33. The second-order valence-corrected chi connectivity index (χ2v) is 11.0. The molecular formula is C28H32ClN3O5S. The van der Waals surface area contributed by atoms with E-state index in [0.717, 1.165) is 21.7 Å². The van der Waals surface area contributed by atoms with E-state index in [9.17, 15) is 18.0 Å². The summed E-state index contributed by atoms with van der Waals surface area (Å²) in [7, 11) is -2.46. The Morgan fingerprint density at radius 3 is 2.18 bits per heavy atom. The highest BCUT2D eigenvalue weighted by atomic mass is 35.5. The minimum absolute atomic E-state index is 0.0775. The Balaban J connectivity index is 2.05. The predicted molar refractivity (Wildman–Crippen MR) is 150 cm³/mol. The number of carbonyl (C=O) groups is 2. The van der Waals surface area contributed by atoms with Crippen molar-refractivity contribution in [2.24, 2.45) is 0 Å². The monoisotopic (exact) mass is 557 g/mol. The number of carbonyl (C=O) groups excluding carboxylic acids is 2. The van der Waals surface area contributed by atoms with Crippen LogP contribution in [0, 0.1) is 0 Å². The van der Waals surface area contributed by atoms with Crippen LogP contribution in [-0.4, -0.2) is 57.6 Å². The van der Waals surface area contributed by atoms with Gasteiger partial charge in [0, 0.05) is 24.5 Å². The highest BCUT2D eigenvalue weighted by Crippen LogP contribution is 2.30. The Labute approximate surface area is 229 Å². The molecule has 0 heterocycles. The predicted octanol–water partition coefficient (Wildman–Crippen LogP) is 3.89. The molecule has 8 nitrogen and oxygen atoms in total. The van der Waals surface area contributed by atoms with Gasteiger partial charge in [0.1, 0.15) is 18.3 Å². The topological polar surface area (TPSA) is 96.0 Å². The molecule has 0 aliphatic heterocycles. The number of para-hydroxylation sites is 2. The van der Waals surface area contributed by atoms with Crippen LogP contribution in [0.5, 0.6) is 5.75 Å². The van der Waals surface area contributed by atoms with E-state index in [1.54, 1.807) is 55.5 Å². The van der Waals surface area contributed by atoms with E-state index in [1.165, 1.54) is 12.0 Å². The fourth-order valence-electron chi connectivity index (χ4n) is 4.06. The molecule has 0 spiro atoms. The third-order valence-electron chi connectivity index (χ3n) is 5.92. The second-order valence-electron chi connectivity index (χ2n) is 8.69. The van der Waals surface area contributed by atoms with Crippen LogP contribution in [0.2, 0.25) is 5.02 Å². The largest absolute Gasteiger partial charge is 0.495 e. The molecule has 0 saturated carbocycles. The molecule has 1 atom stereocenters. The first-order valence-corrected chi connectivity index (χ1v) is 14.3. The van der Waals surface area contributed by atoms with E-state index in [0.29, 0.717) is 17.3 Å². The van der Waals surface area contributed by atoms with Gasteiger partial charge >= 0.3 is 0 Å². The summed E-state index contributed by atoms with van der Waals surface area (Å²) in [6, 6.07) is 22.0. The number of anilines is 1. The molecule has 3 aromatic rings. The van der Waals surface area contributed by atoms with Crippen molar-refractivity contribution in [3.63, 3.8) is 0 Å². The Bertz CT molecular complexity index is 1330. The molecule has 0 aliphatic rings. The van der Waals surface area contributed by atoms with E-state index < -0.39 is 28.5 Å². The number of ether oxygens (including phenoxy) is 1. The van der Waals surface area contributed by atoms with Gasteiger partial charge in [0.2, 0.25) is 21.8 Å². The quantitative estimate of drug-likeness (QED) is 0.364. The summed E-state index contributed by atoms with van der Waals surface area (Å²) in [6.07, 6.45) is 1.28. The van der Waals surface area contributed by atoms with Gasteiger partial charge in [-0.25, -0.2) is 8.42 Å². The molecule has 1 unspecified atom stereocenters. The summed E-state index contributed by atoms with van der Waals surface area (Å²) in [6.45, 7) is 1.74. The van der Waals surface area contributed by atoms with E-state index in [-0.39, 0.29) is 24.6 Å². The molecule has 2 amide bonds. The van der Waals surface area contributed by atoms with Crippen LogP contribution in [0.1, 0.15) is 18.1 Å². The SMILES string of the molecule is CCNC(=O)C(Cc1ccccc1)N(Cc1ccc(Cl)cc1)C(=O)CN(c1ccccc1OC)S(C)(=O)=O. The van der Waals surface area contributed by atoms with Gasteiger partial charge in [0.25, 0.3) is 0 Å². The van der Waals surface area contributed by atoms with E-state index in [2.05, 4.69) is 5.32 Å². The third kappa shape index (κ3) is 7.72. The van der Waals surface area contributed by atoms with Crippen molar-refractivity contribution >= 4 is 39.1 Å². The van der Waals surface area contributed by atoms with Gasteiger partial charge in [-0.1, -0.05) is 66.2 Å². The number of halogens is 1. The summed E-state index contributed by atoms with van der Waals surface area (Å²) in [5.41, 5.74) is 1.84. The highest BCUT2D eigenvalue weighted by molar-refractivity contribution is 7.92. The molecule has 0 fully saturated rings. The van der Waals surface area contributed by atoms with Crippen LogP contribution in [0.25, 0.3) is 0 Å². The Kier molecular flexibility index (Phi) is 10.2.